The molecule has 2 amide bonds. The number of carbonyl (C=O) groups is 2. The second-order valence-electron chi connectivity index (χ2n) is 14.4. The SMILES string of the molecule is C[C@@H](O[Si](C)(C)C(C)(C)C)[C@@H](NC(=O)OC(C)(C)C)C(=O)N[C@H](CP(c1ccccc1)c1ccccc1)C(C)(C)C. The molecule has 0 aliphatic heterocycles. The van der Waals surface area contributed by atoms with Gasteiger partial charge in [0.15, 0.2) is 8.32 Å². The monoisotopic (exact) mass is 600 g/mol. The van der Waals surface area contributed by atoms with Gasteiger partial charge in [-0.25, -0.2) is 4.79 Å². The number of benzene rings is 2. The minimum Gasteiger partial charge on any atom is -0.444 e. The van der Waals surface area contributed by atoms with Gasteiger partial charge in [-0.1, -0.05) is 102 Å². The first kappa shape index (κ1) is 35.0. The fourth-order valence-corrected chi connectivity index (χ4v) is 8.30. The molecule has 0 aromatic heterocycles. The standard InChI is InChI=1S/C33H53N2O4PSi/c1-24(39-41(11,12)33(8,9)10)28(35-30(37)38-32(5,6)7)29(36)34-27(31(2,3)4)23-40(25-19-15-13-16-20-25)26-21-17-14-18-22-26/h13-22,24,27-28H,23H2,1-12H3,(H,34,36)(H,35,37)/t24-,27-,28-/m1/s1. The summed E-state index contributed by atoms with van der Waals surface area (Å²) in [4.78, 5) is 27.0. The van der Waals surface area contributed by atoms with Crippen LogP contribution in [-0.4, -0.2) is 50.3 Å². The van der Waals surface area contributed by atoms with Crippen molar-refractivity contribution in [2.24, 2.45) is 5.41 Å². The average molecular weight is 601 g/mol. The molecule has 2 N–H and O–H groups in total. The molecule has 2 aromatic rings. The fraction of sp³-hybridized carbons (Fsp3) is 0.576. The molecule has 0 aliphatic rings. The highest BCUT2D eigenvalue weighted by Crippen LogP contribution is 2.39. The van der Waals surface area contributed by atoms with Gasteiger partial charge in [0.05, 0.1) is 6.10 Å². The Labute approximate surface area is 251 Å². The van der Waals surface area contributed by atoms with E-state index in [9.17, 15) is 9.59 Å². The Kier molecular flexibility index (Phi) is 11.8. The van der Waals surface area contributed by atoms with Crippen LogP contribution in [0, 0.1) is 5.41 Å². The van der Waals surface area contributed by atoms with Crippen molar-refractivity contribution in [2.75, 3.05) is 6.16 Å². The molecule has 41 heavy (non-hydrogen) atoms. The van der Waals surface area contributed by atoms with Crippen molar-refractivity contribution >= 4 is 38.8 Å². The molecule has 2 aromatic carbocycles. The number of amides is 2. The number of alkyl carbamates (subject to hydrolysis) is 1. The third-order valence-electron chi connectivity index (χ3n) is 7.57. The van der Waals surface area contributed by atoms with Crippen LogP contribution >= 0.6 is 7.92 Å². The third kappa shape index (κ3) is 10.8. The van der Waals surface area contributed by atoms with Crippen LogP contribution in [0.4, 0.5) is 4.79 Å². The van der Waals surface area contributed by atoms with Crippen molar-refractivity contribution < 1.29 is 18.8 Å². The van der Waals surface area contributed by atoms with Gasteiger partial charge < -0.3 is 19.8 Å². The maximum Gasteiger partial charge on any atom is 0.408 e. The van der Waals surface area contributed by atoms with Gasteiger partial charge >= 0.3 is 6.09 Å². The smallest absolute Gasteiger partial charge is 0.408 e. The lowest BCUT2D eigenvalue weighted by atomic mass is 9.87. The van der Waals surface area contributed by atoms with Crippen molar-refractivity contribution in [2.45, 2.75) is 111 Å². The summed E-state index contributed by atoms with van der Waals surface area (Å²) in [6, 6.07) is 19.9. The Bertz CT molecular complexity index is 1080. The Morgan fingerprint density at radius 2 is 1.27 bits per heavy atom. The molecule has 0 bridgehead atoms. The molecule has 0 radical (unpaired) electrons. The van der Waals surface area contributed by atoms with Crippen LogP contribution in [0.3, 0.4) is 0 Å². The lowest BCUT2D eigenvalue weighted by Crippen LogP contribution is -2.60. The maximum absolute atomic E-state index is 14.1. The van der Waals surface area contributed by atoms with E-state index in [-0.39, 0.29) is 22.4 Å². The summed E-state index contributed by atoms with van der Waals surface area (Å²) in [7, 11) is -2.98. The van der Waals surface area contributed by atoms with Crippen molar-refractivity contribution in [3.8, 4) is 0 Å². The van der Waals surface area contributed by atoms with Crippen molar-refractivity contribution in [3.63, 3.8) is 0 Å². The summed E-state index contributed by atoms with van der Waals surface area (Å²) >= 11 is 0. The molecule has 0 aliphatic carbocycles. The highest BCUT2D eigenvalue weighted by molar-refractivity contribution is 7.73. The van der Waals surface area contributed by atoms with Crippen LogP contribution in [0.15, 0.2) is 60.7 Å². The van der Waals surface area contributed by atoms with Crippen LogP contribution in [0.1, 0.15) is 69.2 Å². The summed E-state index contributed by atoms with van der Waals surface area (Å²) in [5, 5.41) is 8.66. The van der Waals surface area contributed by atoms with Crippen LogP contribution in [-0.2, 0) is 14.0 Å². The Morgan fingerprint density at radius 3 is 1.66 bits per heavy atom. The Morgan fingerprint density at radius 1 is 0.805 bits per heavy atom. The number of rotatable bonds is 10. The fourth-order valence-electron chi connectivity index (χ4n) is 4.10. The number of ether oxygens (including phenoxy) is 1. The predicted molar refractivity (Wildman–Crippen MR) is 176 cm³/mol. The molecule has 3 atom stereocenters. The summed E-state index contributed by atoms with van der Waals surface area (Å²) in [6.45, 7) is 24.5. The first-order valence-corrected chi connectivity index (χ1v) is 19.0. The zero-order valence-corrected chi connectivity index (χ0v) is 29.2. The van der Waals surface area contributed by atoms with Gasteiger partial charge in [-0.3, -0.25) is 4.79 Å². The third-order valence-corrected chi connectivity index (χ3v) is 14.7. The lowest BCUT2D eigenvalue weighted by Gasteiger charge is -2.41. The zero-order chi connectivity index (χ0) is 31.2. The predicted octanol–water partition coefficient (Wildman–Crippen LogP) is 6.95. The normalized spacial score (nSPS) is 15.1. The molecule has 228 valence electrons. The van der Waals surface area contributed by atoms with E-state index in [0.717, 1.165) is 6.16 Å². The number of carbonyl (C=O) groups excluding carboxylic acids is 2. The molecule has 8 heteroatoms. The quantitative estimate of drug-likeness (QED) is 0.229. The first-order valence-electron chi connectivity index (χ1n) is 14.6. The highest BCUT2D eigenvalue weighted by Gasteiger charge is 2.42. The van der Waals surface area contributed by atoms with Crippen molar-refractivity contribution in [1.82, 2.24) is 10.6 Å². The summed E-state index contributed by atoms with van der Waals surface area (Å²) < 4.78 is 12.2. The van der Waals surface area contributed by atoms with Gasteiger partial charge in [-0.15, -0.1) is 0 Å². The van der Waals surface area contributed by atoms with Gasteiger partial charge in [-0.05, 0) is 75.9 Å². The van der Waals surface area contributed by atoms with E-state index in [0.29, 0.717) is 0 Å². The largest absolute Gasteiger partial charge is 0.444 e. The number of hydrogen-bond acceptors (Lipinski definition) is 4. The van der Waals surface area contributed by atoms with Gasteiger partial charge in [-0.2, -0.15) is 0 Å². The molecule has 6 nitrogen and oxygen atoms in total. The Hall–Kier alpha value is -2.21. The van der Waals surface area contributed by atoms with Crippen molar-refractivity contribution in [1.29, 1.82) is 0 Å². The topological polar surface area (TPSA) is 76.7 Å². The first-order chi connectivity index (χ1) is 18.7. The van der Waals surface area contributed by atoms with Crippen LogP contribution < -0.4 is 21.2 Å². The molecule has 0 spiro atoms. The summed E-state index contributed by atoms with van der Waals surface area (Å²) in [6.07, 6.45) is -0.421. The number of nitrogens with one attached hydrogen (secondary N) is 2. The van der Waals surface area contributed by atoms with Gasteiger partial charge in [0, 0.05) is 6.04 Å². The molecule has 0 unspecified atom stereocenters. The van der Waals surface area contributed by atoms with E-state index in [1.165, 1.54) is 10.6 Å². The van der Waals surface area contributed by atoms with Gasteiger partial charge in [0.25, 0.3) is 0 Å². The van der Waals surface area contributed by atoms with Crippen molar-refractivity contribution in [3.05, 3.63) is 60.7 Å². The molecule has 0 saturated heterocycles. The summed E-state index contributed by atoms with van der Waals surface area (Å²) in [5.74, 6) is -0.266. The van der Waals surface area contributed by atoms with E-state index in [1.54, 1.807) is 0 Å². The summed E-state index contributed by atoms with van der Waals surface area (Å²) in [5.41, 5.74) is -0.927. The maximum atomic E-state index is 14.1. The molecule has 0 heterocycles. The zero-order valence-electron chi connectivity index (χ0n) is 27.3. The van der Waals surface area contributed by atoms with E-state index in [4.69, 9.17) is 9.16 Å². The molecular formula is C33H53N2O4PSi. The van der Waals surface area contributed by atoms with Gasteiger partial charge in [0.1, 0.15) is 11.6 Å². The average Bonchev–Trinajstić information content (AvgIpc) is 2.83. The molecule has 2 rings (SSSR count). The van der Waals surface area contributed by atoms with Crippen LogP contribution in [0.2, 0.25) is 18.1 Å². The van der Waals surface area contributed by atoms with Crippen LogP contribution in [0.5, 0.6) is 0 Å². The second-order valence-corrected chi connectivity index (χ2v) is 21.4. The van der Waals surface area contributed by atoms with E-state index < -0.39 is 40.1 Å². The van der Waals surface area contributed by atoms with E-state index in [1.807, 2.05) is 39.8 Å². The van der Waals surface area contributed by atoms with Crippen LogP contribution in [0.25, 0.3) is 0 Å². The van der Waals surface area contributed by atoms with E-state index in [2.05, 4.69) is 114 Å². The highest BCUT2D eigenvalue weighted by atomic mass is 31.1. The van der Waals surface area contributed by atoms with E-state index >= 15 is 0 Å². The Balaban J connectivity index is 2.42. The minimum absolute atomic E-state index is 0.0522. The second kappa shape index (κ2) is 13.8. The molecule has 0 saturated carbocycles. The lowest BCUT2D eigenvalue weighted by molar-refractivity contribution is -0.126. The number of hydrogen-bond donors (Lipinski definition) is 2. The van der Waals surface area contributed by atoms with Gasteiger partial charge in [0.2, 0.25) is 5.91 Å². The minimum atomic E-state index is -2.23. The molecule has 0 fully saturated rings. The molecular weight excluding hydrogens is 547 g/mol.